The van der Waals surface area contributed by atoms with Crippen LogP contribution in [0.25, 0.3) is 10.9 Å². The first-order valence-electron chi connectivity index (χ1n) is 8.59. The number of benzene rings is 2. The highest BCUT2D eigenvalue weighted by atomic mass is 35.6. The predicted molar refractivity (Wildman–Crippen MR) is 124 cm³/mol. The third-order valence-electron chi connectivity index (χ3n) is 4.07. The summed E-state index contributed by atoms with van der Waals surface area (Å²) in [4.78, 5) is 16.9. The van der Waals surface area contributed by atoms with Crippen molar-refractivity contribution in [3.05, 3.63) is 71.9 Å². The number of rotatable bonds is 4. The van der Waals surface area contributed by atoms with Gasteiger partial charge in [0.15, 0.2) is 5.11 Å². The first-order chi connectivity index (χ1) is 13.7. The molecule has 0 radical (unpaired) electrons. The highest BCUT2D eigenvalue weighted by Gasteiger charge is 2.35. The minimum atomic E-state index is -1.84. The van der Waals surface area contributed by atoms with E-state index in [9.17, 15) is 4.79 Å². The molecule has 1 aromatic heterocycles. The van der Waals surface area contributed by atoms with E-state index >= 15 is 0 Å². The van der Waals surface area contributed by atoms with Crippen molar-refractivity contribution in [3.63, 3.8) is 0 Å². The minimum absolute atomic E-state index is 0.170. The van der Waals surface area contributed by atoms with E-state index in [1.165, 1.54) is 0 Å². The van der Waals surface area contributed by atoms with Crippen LogP contribution in [0, 0.1) is 6.92 Å². The van der Waals surface area contributed by atoms with E-state index in [4.69, 9.17) is 47.0 Å². The average Bonchev–Trinajstić information content (AvgIpc) is 2.67. The van der Waals surface area contributed by atoms with Crippen LogP contribution in [0.15, 0.2) is 60.8 Å². The smallest absolute Gasteiger partial charge is 0.252 e. The lowest BCUT2D eigenvalue weighted by Gasteiger charge is -2.28. The van der Waals surface area contributed by atoms with Crippen molar-refractivity contribution < 1.29 is 4.79 Å². The second-order valence-electron chi connectivity index (χ2n) is 6.29. The summed E-state index contributed by atoms with van der Waals surface area (Å²) in [7, 11) is 0. The Bertz CT molecular complexity index is 1030. The molecule has 1 unspecified atom stereocenters. The molecule has 9 heteroatoms. The van der Waals surface area contributed by atoms with Gasteiger partial charge in [0.1, 0.15) is 6.17 Å². The number of para-hydroxylation sites is 1. The Morgan fingerprint density at radius 1 is 1.03 bits per heavy atom. The van der Waals surface area contributed by atoms with Crippen LogP contribution in [0.3, 0.4) is 0 Å². The van der Waals surface area contributed by atoms with E-state index in [-0.39, 0.29) is 5.11 Å². The maximum atomic E-state index is 12.5. The molecule has 3 N–H and O–H groups in total. The molecular weight excluding hydrogens is 451 g/mol. The second kappa shape index (κ2) is 9.13. The number of halogens is 3. The summed E-state index contributed by atoms with van der Waals surface area (Å²) < 4.78 is -1.84. The Balaban J connectivity index is 1.73. The molecule has 0 aliphatic rings. The number of carbonyl (C=O) groups is 1. The fourth-order valence-electron chi connectivity index (χ4n) is 2.61. The van der Waals surface area contributed by atoms with E-state index in [0.29, 0.717) is 11.3 Å². The number of aromatic nitrogens is 1. The van der Waals surface area contributed by atoms with Crippen LogP contribution in [0.5, 0.6) is 0 Å². The maximum absolute atomic E-state index is 12.5. The molecule has 1 heterocycles. The Morgan fingerprint density at radius 3 is 2.41 bits per heavy atom. The number of anilines is 1. The lowest BCUT2D eigenvalue weighted by molar-refractivity contribution is 0.0934. The van der Waals surface area contributed by atoms with Crippen LogP contribution < -0.4 is 16.0 Å². The first kappa shape index (κ1) is 21.6. The van der Waals surface area contributed by atoms with E-state index < -0.39 is 15.9 Å². The highest BCUT2D eigenvalue weighted by Crippen LogP contribution is 2.29. The largest absolute Gasteiger partial charge is 0.339 e. The van der Waals surface area contributed by atoms with Gasteiger partial charge in [-0.25, -0.2) is 0 Å². The minimum Gasteiger partial charge on any atom is -0.339 e. The fourth-order valence-corrected chi connectivity index (χ4v) is 3.17. The van der Waals surface area contributed by atoms with Gasteiger partial charge in [0.25, 0.3) is 5.91 Å². The van der Waals surface area contributed by atoms with Crippen molar-refractivity contribution in [1.82, 2.24) is 15.6 Å². The van der Waals surface area contributed by atoms with Gasteiger partial charge in [-0.05, 0) is 43.4 Å². The molecule has 0 saturated carbocycles. The molecule has 0 spiro atoms. The van der Waals surface area contributed by atoms with Gasteiger partial charge in [-0.1, -0.05) is 70.7 Å². The topological polar surface area (TPSA) is 66.1 Å². The van der Waals surface area contributed by atoms with Crippen LogP contribution in [0.1, 0.15) is 15.9 Å². The molecule has 2 aromatic carbocycles. The van der Waals surface area contributed by atoms with Gasteiger partial charge >= 0.3 is 0 Å². The Labute approximate surface area is 188 Å². The third kappa shape index (κ3) is 5.70. The number of thiocarbonyl (C=S) groups is 1. The summed E-state index contributed by atoms with van der Waals surface area (Å²) in [6.45, 7) is 1.93. The molecule has 1 atom stereocenters. The van der Waals surface area contributed by atoms with Crippen LogP contribution in [0.4, 0.5) is 5.69 Å². The molecule has 0 aliphatic heterocycles. The summed E-state index contributed by atoms with van der Waals surface area (Å²) in [6, 6.07) is 16.5. The molecule has 0 aliphatic carbocycles. The second-order valence-corrected chi connectivity index (χ2v) is 9.07. The van der Waals surface area contributed by atoms with Crippen molar-refractivity contribution in [3.8, 4) is 0 Å². The van der Waals surface area contributed by atoms with Gasteiger partial charge in [-0.3, -0.25) is 9.78 Å². The quantitative estimate of drug-likeness (QED) is 0.288. The molecule has 3 rings (SSSR count). The number of nitrogens with zero attached hydrogens (tertiary/aromatic N) is 1. The number of amides is 1. The number of pyridine rings is 1. The van der Waals surface area contributed by atoms with Crippen LogP contribution in [-0.2, 0) is 0 Å². The van der Waals surface area contributed by atoms with Crippen LogP contribution >= 0.6 is 47.0 Å². The summed E-state index contributed by atoms with van der Waals surface area (Å²) in [5.74, 6) is -0.400. The molecule has 5 nitrogen and oxygen atoms in total. The zero-order chi connectivity index (χ0) is 21.0. The number of fused-ring (bicyclic) bond motifs is 1. The van der Waals surface area contributed by atoms with Crippen molar-refractivity contribution in [1.29, 1.82) is 0 Å². The molecule has 3 aromatic rings. The van der Waals surface area contributed by atoms with Crippen molar-refractivity contribution >= 4 is 74.6 Å². The van der Waals surface area contributed by atoms with E-state index in [1.807, 2.05) is 49.4 Å². The summed E-state index contributed by atoms with van der Waals surface area (Å²) >= 11 is 23.5. The average molecular weight is 468 g/mol. The number of carbonyl (C=O) groups excluding carboxylic acids is 1. The predicted octanol–water partition coefficient (Wildman–Crippen LogP) is 4.96. The Kier molecular flexibility index (Phi) is 6.80. The molecule has 0 fully saturated rings. The summed E-state index contributed by atoms with van der Waals surface area (Å²) in [5.41, 5.74) is 2.90. The Morgan fingerprint density at radius 2 is 1.72 bits per heavy atom. The standard InChI is InChI=1S/C20H17Cl3N4OS/c1-12-7-9-14(10-8-12)17(28)26-18(20(21,22)23)27-19(29)25-15-6-2-4-13-5-3-11-24-16(13)15/h2-11,18H,1H3,(H,26,28)(H2,25,27,29). The van der Waals surface area contributed by atoms with Crippen LogP contribution in [0.2, 0.25) is 0 Å². The fraction of sp³-hybridized carbons (Fsp3) is 0.150. The van der Waals surface area contributed by atoms with Gasteiger partial charge in [0.2, 0.25) is 3.79 Å². The first-order valence-corrected chi connectivity index (χ1v) is 10.1. The van der Waals surface area contributed by atoms with Crippen molar-refractivity contribution in [2.45, 2.75) is 16.9 Å². The summed E-state index contributed by atoms with van der Waals surface area (Å²) in [5, 5.41) is 9.66. The summed E-state index contributed by atoms with van der Waals surface area (Å²) in [6.07, 6.45) is 0.625. The SMILES string of the molecule is Cc1ccc(C(=O)NC(NC(=S)Nc2cccc3cccnc23)C(Cl)(Cl)Cl)cc1. The zero-order valence-corrected chi connectivity index (χ0v) is 18.3. The monoisotopic (exact) mass is 466 g/mol. The molecule has 0 bridgehead atoms. The van der Waals surface area contributed by atoms with Crippen molar-refractivity contribution in [2.24, 2.45) is 0 Å². The molecular formula is C20H17Cl3N4OS. The molecule has 150 valence electrons. The van der Waals surface area contributed by atoms with Gasteiger partial charge in [0.05, 0.1) is 11.2 Å². The number of hydrogen-bond donors (Lipinski definition) is 3. The van der Waals surface area contributed by atoms with Gasteiger partial charge < -0.3 is 16.0 Å². The van der Waals surface area contributed by atoms with E-state index in [0.717, 1.165) is 16.5 Å². The van der Waals surface area contributed by atoms with E-state index in [1.54, 1.807) is 18.3 Å². The lowest BCUT2D eigenvalue weighted by atomic mass is 10.1. The lowest BCUT2D eigenvalue weighted by Crippen LogP contribution is -2.56. The van der Waals surface area contributed by atoms with Crippen molar-refractivity contribution in [2.75, 3.05) is 5.32 Å². The molecule has 29 heavy (non-hydrogen) atoms. The number of hydrogen-bond acceptors (Lipinski definition) is 3. The number of aryl methyl sites for hydroxylation is 1. The van der Waals surface area contributed by atoms with Crippen LogP contribution in [-0.4, -0.2) is 26.0 Å². The van der Waals surface area contributed by atoms with E-state index in [2.05, 4.69) is 20.9 Å². The van der Waals surface area contributed by atoms with Gasteiger partial charge in [-0.2, -0.15) is 0 Å². The number of nitrogens with one attached hydrogen (secondary N) is 3. The van der Waals surface area contributed by atoms with Gasteiger partial charge in [0, 0.05) is 17.1 Å². The molecule has 0 saturated heterocycles. The zero-order valence-electron chi connectivity index (χ0n) is 15.2. The third-order valence-corrected chi connectivity index (χ3v) is 4.95. The van der Waals surface area contributed by atoms with Gasteiger partial charge in [-0.15, -0.1) is 0 Å². The maximum Gasteiger partial charge on any atom is 0.252 e. The normalized spacial score (nSPS) is 12.3. The molecule has 1 amide bonds. The highest BCUT2D eigenvalue weighted by molar-refractivity contribution is 7.80. The Hall–Kier alpha value is -2.12. The number of alkyl halides is 3.